The van der Waals surface area contributed by atoms with Crippen LogP contribution >= 0.6 is 0 Å². The van der Waals surface area contributed by atoms with E-state index in [0.717, 1.165) is 71.0 Å². The largest absolute Gasteiger partial charge is 0.354 e. The Morgan fingerprint density at radius 1 is 1.17 bits per heavy atom. The maximum atomic E-state index is 11.6. The maximum absolute atomic E-state index is 11.6. The minimum Gasteiger partial charge on any atom is -0.354 e. The Morgan fingerprint density at radius 3 is 2.70 bits per heavy atom. The summed E-state index contributed by atoms with van der Waals surface area (Å²) in [5.41, 5.74) is 0. The molecule has 3 heterocycles. The Morgan fingerprint density at radius 2 is 2.00 bits per heavy atom. The summed E-state index contributed by atoms with van der Waals surface area (Å²) in [5.74, 6) is 2.01. The van der Waals surface area contributed by atoms with Crippen LogP contribution in [0.2, 0.25) is 0 Å². The number of hydrogen-bond acceptors (Lipinski definition) is 6. The number of nitrogens with zero attached hydrogens (tertiary/aromatic N) is 5. The number of piperazine rings is 1. The number of amides is 1. The molecule has 0 aliphatic carbocycles. The summed E-state index contributed by atoms with van der Waals surface area (Å²) in [6.07, 6.45) is 3.57. The van der Waals surface area contributed by atoms with E-state index in [0.29, 0.717) is 11.9 Å². The van der Waals surface area contributed by atoms with Crippen molar-refractivity contribution in [3.8, 4) is 0 Å². The van der Waals surface area contributed by atoms with Gasteiger partial charge < -0.3 is 15.1 Å². The van der Waals surface area contributed by atoms with Gasteiger partial charge in [-0.2, -0.15) is 4.98 Å². The first-order chi connectivity index (χ1) is 11.3. The van der Waals surface area contributed by atoms with Crippen LogP contribution in [0.25, 0.3) is 0 Å². The fraction of sp³-hybridized carbons (Fsp3) is 0.688. The molecule has 0 spiro atoms. The van der Waals surface area contributed by atoms with Crippen molar-refractivity contribution in [2.75, 3.05) is 62.6 Å². The first kappa shape index (κ1) is 16.0. The molecule has 3 rings (SSSR count). The summed E-state index contributed by atoms with van der Waals surface area (Å²) in [6, 6.07) is 1.97. The van der Waals surface area contributed by atoms with Crippen molar-refractivity contribution < 1.29 is 4.79 Å². The minimum absolute atomic E-state index is 0.320. The van der Waals surface area contributed by atoms with Crippen LogP contribution in [0.4, 0.5) is 11.8 Å². The van der Waals surface area contributed by atoms with E-state index in [2.05, 4.69) is 25.1 Å². The Labute approximate surface area is 137 Å². The molecule has 126 valence electrons. The molecule has 1 aromatic heterocycles. The monoisotopic (exact) mass is 318 g/mol. The molecule has 2 fully saturated rings. The van der Waals surface area contributed by atoms with Gasteiger partial charge in [0.15, 0.2) is 0 Å². The van der Waals surface area contributed by atoms with Crippen LogP contribution < -0.4 is 10.2 Å². The van der Waals surface area contributed by atoms with Crippen LogP contribution in [-0.4, -0.2) is 78.0 Å². The molecule has 0 unspecified atom stereocenters. The second-order valence-corrected chi connectivity index (χ2v) is 6.08. The predicted octanol–water partition coefficient (Wildman–Crippen LogP) is 0.653. The van der Waals surface area contributed by atoms with Crippen molar-refractivity contribution in [1.82, 2.24) is 19.8 Å². The summed E-state index contributed by atoms with van der Waals surface area (Å²) in [6.45, 7) is 9.63. The molecule has 0 bridgehead atoms. The van der Waals surface area contributed by atoms with Gasteiger partial charge in [-0.05, 0) is 19.4 Å². The van der Waals surface area contributed by atoms with Crippen LogP contribution in [-0.2, 0) is 4.79 Å². The van der Waals surface area contributed by atoms with Crippen molar-refractivity contribution in [2.45, 2.75) is 19.8 Å². The van der Waals surface area contributed by atoms with E-state index >= 15 is 0 Å². The van der Waals surface area contributed by atoms with Crippen molar-refractivity contribution in [2.24, 2.45) is 0 Å². The summed E-state index contributed by atoms with van der Waals surface area (Å²) in [7, 11) is 0. The highest BCUT2D eigenvalue weighted by atomic mass is 16.2. The van der Waals surface area contributed by atoms with Crippen molar-refractivity contribution in [3.63, 3.8) is 0 Å². The molecule has 1 amide bonds. The number of rotatable bonds is 6. The number of carbonyl (C=O) groups excluding carboxylic acids is 1. The molecule has 0 aromatic carbocycles. The number of aromatic nitrogens is 2. The lowest BCUT2D eigenvalue weighted by Crippen LogP contribution is -2.48. The van der Waals surface area contributed by atoms with Gasteiger partial charge in [0.25, 0.3) is 0 Å². The molecule has 2 aliphatic rings. The lowest BCUT2D eigenvalue weighted by Gasteiger charge is -2.36. The van der Waals surface area contributed by atoms with E-state index in [-0.39, 0.29) is 0 Å². The molecule has 0 saturated carbocycles. The Bertz CT molecular complexity index is 529. The number of anilines is 2. The molecule has 2 aliphatic heterocycles. The minimum atomic E-state index is 0.320. The highest BCUT2D eigenvalue weighted by molar-refractivity contribution is 5.78. The van der Waals surface area contributed by atoms with Gasteiger partial charge in [-0.25, -0.2) is 4.98 Å². The summed E-state index contributed by atoms with van der Waals surface area (Å²) in [5, 5.41) is 3.15. The van der Waals surface area contributed by atoms with Gasteiger partial charge in [0, 0.05) is 65.0 Å². The van der Waals surface area contributed by atoms with Gasteiger partial charge in [-0.1, -0.05) is 0 Å². The third kappa shape index (κ3) is 4.10. The van der Waals surface area contributed by atoms with E-state index in [9.17, 15) is 4.79 Å². The van der Waals surface area contributed by atoms with Crippen molar-refractivity contribution >= 4 is 17.7 Å². The third-order valence-corrected chi connectivity index (χ3v) is 4.53. The fourth-order valence-corrected chi connectivity index (χ4v) is 3.17. The third-order valence-electron chi connectivity index (χ3n) is 4.53. The van der Waals surface area contributed by atoms with Crippen LogP contribution in [0.1, 0.15) is 19.8 Å². The van der Waals surface area contributed by atoms with Gasteiger partial charge in [0.1, 0.15) is 5.82 Å². The molecular weight excluding hydrogens is 292 g/mol. The number of nitrogens with one attached hydrogen (secondary N) is 1. The highest BCUT2D eigenvalue weighted by Crippen LogP contribution is 2.15. The van der Waals surface area contributed by atoms with Gasteiger partial charge in [-0.3, -0.25) is 9.69 Å². The van der Waals surface area contributed by atoms with E-state index in [1.807, 2.05) is 24.1 Å². The lowest BCUT2D eigenvalue weighted by molar-refractivity contribution is -0.127. The molecule has 1 aromatic rings. The summed E-state index contributed by atoms with van der Waals surface area (Å²) < 4.78 is 0. The second kappa shape index (κ2) is 7.59. The number of likely N-dealkylation sites (tertiary alicyclic amines) is 1. The SMILES string of the molecule is CCNc1nccc(N2CCN(CCN3CCCC3=O)CC2)n1. The molecular formula is C16H26N6O. The molecule has 1 N–H and O–H groups in total. The van der Waals surface area contributed by atoms with Gasteiger partial charge in [-0.15, -0.1) is 0 Å². The average molecular weight is 318 g/mol. The standard InChI is InChI=1S/C16H26N6O/c1-2-17-16-18-6-5-14(19-16)21-11-8-20(9-12-21)10-13-22-7-3-4-15(22)23/h5-6H,2-4,7-13H2,1H3,(H,17,18,19). The van der Waals surface area contributed by atoms with Gasteiger partial charge >= 0.3 is 0 Å². The Kier molecular flexibility index (Phi) is 5.27. The molecule has 0 radical (unpaired) electrons. The molecule has 7 nitrogen and oxygen atoms in total. The molecule has 23 heavy (non-hydrogen) atoms. The lowest BCUT2D eigenvalue weighted by atomic mass is 10.3. The zero-order chi connectivity index (χ0) is 16.1. The quantitative estimate of drug-likeness (QED) is 0.831. The normalized spacial score (nSPS) is 19.4. The van der Waals surface area contributed by atoms with Crippen LogP contribution in [0.5, 0.6) is 0 Å². The van der Waals surface area contributed by atoms with E-state index in [1.165, 1.54) is 0 Å². The van der Waals surface area contributed by atoms with E-state index in [4.69, 9.17) is 0 Å². The van der Waals surface area contributed by atoms with Gasteiger partial charge in [0.05, 0.1) is 0 Å². The van der Waals surface area contributed by atoms with E-state index < -0.39 is 0 Å². The predicted molar refractivity (Wildman–Crippen MR) is 90.7 cm³/mol. The zero-order valence-corrected chi connectivity index (χ0v) is 13.9. The summed E-state index contributed by atoms with van der Waals surface area (Å²) >= 11 is 0. The van der Waals surface area contributed by atoms with Crippen LogP contribution in [0.15, 0.2) is 12.3 Å². The van der Waals surface area contributed by atoms with Crippen molar-refractivity contribution in [1.29, 1.82) is 0 Å². The maximum Gasteiger partial charge on any atom is 0.224 e. The number of carbonyl (C=O) groups is 1. The first-order valence-electron chi connectivity index (χ1n) is 8.58. The van der Waals surface area contributed by atoms with Gasteiger partial charge in [0.2, 0.25) is 11.9 Å². The zero-order valence-electron chi connectivity index (χ0n) is 13.9. The molecule has 0 atom stereocenters. The summed E-state index contributed by atoms with van der Waals surface area (Å²) in [4.78, 5) is 27.2. The van der Waals surface area contributed by atoms with Crippen LogP contribution in [0.3, 0.4) is 0 Å². The highest BCUT2D eigenvalue weighted by Gasteiger charge is 2.22. The molecule has 2 saturated heterocycles. The number of hydrogen-bond donors (Lipinski definition) is 1. The Balaban J connectivity index is 1.46. The topological polar surface area (TPSA) is 64.6 Å². The molecule has 7 heteroatoms. The van der Waals surface area contributed by atoms with Crippen LogP contribution in [0, 0.1) is 0 Å². The smallest absolute Gasteiger partial charge is 0.224 e. The average Bonchev–Trinajstić information content (AvgIpc) is 2.99. The van der Waals surface area contributed by atoms with Crippen molar-refractivity contribution in [3.05, 3.63) is 12.3 Å². The van der Waals surface area contributed by atoms with E-state index in [1.54, 1.807) is 0 Å². The Hall–Kier alpha value is -1.89. The second-order valence-electron chi connectivity index (χ2n) is 6.08. The first-order valence-corrected chi connectivity index (χ1v) is 8.58. The fourth-order valence-electron chi connectivity index (χ4n) is 3.17.